The predicted molar refractivity (Wildman–Crippen MR) is 65.8 cm³/mol. The third-order valence-electron chi connectivity index (χ3n) is 2.37. The molecule has 16 heavy (non-hydrogen) atoms. The lowest BCUT2D eigenvalue weighted by Crippen LogP contribution is -2.08. The van der Waals surface area contributed by atoms with Gasteiger partial charge in [0.1, 0.15) is 11.5 Å². The molecule has 1 rings (SSSR count). The monoisotopic (exact) mass is 220 g/mol. The van der Waals surface area contributed by atoms with Gasteiger partial charge in [-0.05, 0) is 24.5 Å². The van der Waals surface area contributed by atoms with E-state index in [9.17, 15) is 4.79 Å². The van der Waals surface area contributed by atoms with Crippen LogP contribution in [0, 0.1) is 12.8 Å². The van der Waals surface area contributed by atoms with Gasteiger partial charge in [0, 0.05) is 12.8 Å². The SMILES string of the molecule is Cc1ccccc1OCCC(=O)CC(C)C. The summed E-state index contributed by atoms with van der Waals surface area (Å²) in [4.78, 5) is 11.4. The number of ketones is 1. The lowest BCUT2D eigenvalue weighted by atomic mass is 10.1. The first-order valence-corrected chi connectivity index (χ1v) is 5.79. The Morgan fingerprint density at radius 1 is 1.31 bits per heavy atom. The molecule has 0 radical (unpaired) electrons. The summed E-state index contributed by atoms with van der Waals surface area (Å²) in [7, 11) is 0. The zero-order chi connectivity index (χ0) is 12.0. The molecule has 0 spiro atoms. The number of ether oxygens (including phenoxy) is 1. The van der Waals surface area contributed by atoms with E-state index in [0.29, 0.717) is 25.4 Å². The highest BCUT2D eigenvalue weighted by Gasteiger charge is 2.05. The average Bonchev–Trinajstić information content (AvgIpc) is 2.19. The van der Waals surface area contributed by atoms with E-state index in [1.165, 1.54) is 0 Å². The zero-order valence-corrected chi connectivity index (χ0v) is 10.3. The maximum absolute atomic E-state index is 11.4. The van der Waals surface area contributed by atoms with E-state index in [1.54, 1.807) is 0 Å². The molecule has 0 aliphatic heterocycles. The normalized spacial score (nSPS) is 10.5. The van der Waals surface area contributed by atoms with Gasteiger partial charge in [0.15, 0.2) is 0 Å². The third kappa shape index (κ3) is 4.47. The van der Waals surface area contributed by atoms with Gasteiger partial charge in [-0.25, -0.2) is 0 Å². The van der Waals surface area contributed by atoms with Gasteiger partial charge in [-0.2, -0.15) is 0 Å². The van der Waals surface area contributed by atoms with Gasteiger partial charge in [-0.1, -0.05) is 32.0 Å². The van der Waals surface area contributed by atoms with Crippen molar-refractivity contribution in [3.8, 4) is 5.75 Å². The lowest BCUT2D eigenvalue weighted by molar-refractivity contribution is -0.120. The highest BCUT2D eigenvalue weighted by Crippen LogP contribution is 2.16. The topological polar surface area (TPSA) is 26.3 Å². The Hall–Kier alpha value is -1.31. The fourth-order valence-corrected chi connectivity index (χ4v) is 1.55. The highest BCUT2D eigenvalue weighted by molar-refractivity contribution is 5.78. The minimum atomic E-state index is 0.281. The molecule has 0 atom stereocenters. The minimum absolute atomic E-state index is 0.281. The molecule has 0 amide bonds. The predicted octanol–water partition coefficient (Wildman–Crippen LogP) is 3.38. The van der Waals surface area contributed by atoms with Crippen molar-refractivity contribution in [2.45, 2.75) is 33.6 Å². The highest BCUT2D eigenvalue weighted by atomic mass is 16.5. The molecule has 0 aliphatic rings. The molecule has 0 aliphatic carbocycles. The molecule has 0 aromatic heterocycles. The Morgan fingerprint density at radius 2 is 2.00 bits per heavy atom. The fraction of sp³-hybridized carbons (Fsp3) is 0.500. The molecule has 0 saturated carbocycles. The van der Waals surface area contributed by atoms with Crippen molar-refractivity contribution in [2.75, 3.05) is 6.61 Å². The lowest BCUT2D eigenvalue weighted by Gasteiger charge is -2.08. The van der Waals surface area contributed by atoms with E-state index < -0.39 is 0 Å². The first-order valence-electron chi connectivity index (χ1n) is 5.79. The second-order valence-corrected chi connectivity index (χ2v) is 4.50. The number of rotatable bonds is 6. The standard InChI is InChI=1S/C14H20O2/c1-11(2)10-13(15)8-9-16-14-7-5-4-6-12(14)3/h4-7,11H,8-10H2,1-3H3. The van der Waals surface area contributed by atoms with Gasteiger partial charge in [-0.15, -0.1) is 0 Å². The van der Waals surface area contributed by atoms with Crippen molar-refractivity contribution < 1.29 is 9.53 Å². The summed E-state index contributed by atoms with van der Waals surface area (Å²) in [6.07, 6.45) is 1.16. The maximum atomic E-state index is 11.4. The Kier molecular flexibility index (Phi) is 5.03. The van der Waals surface area contributed by atoms with Crippen LogP contribution in [0.5, 0.6) is 5.75 Å². The summed E-state index contributed by atoms with van der Waals surface area (Å²) >= 11 is 0. The molecule has 1 aromatic rings. The molecule has 88 valence electrons. The summed E-state index contributed by atoms with van der Waals surface area (Å²) in [5.41, 5.74) is 1.11. The van der Waals surface area contributed by atoms with Crippen molar-refractivity contribution in [3.63, 3.8) is 0 Å². The smallest absolute Gasteiger partial charge is 0.136 e. The summed E-state index contributed by atoms with van der Waals surface area (Å²) in [6, 6.07) is 7.86. The molecule has 0 N–H and O–H groups in total. The Labute approximate surface area is 97.6 Å². The van der Waals surface area contributed by atoms with Crippen molar-refractivity contribution in [3.05, 3.63) is 29.8 Å². The van der Waals surface area contributed by atoms with E-state index in [0.717, 1.165) is 11.3 Å². The van der Waals surface area contributed by atoms with Crippen molar-refractivity contribution in [1.82, 2.24) is 0 Å². The van der Waals surface area contributed by atoms with Crippen LogP contribution in [-0.4, -0.2) is 12.4 Å². The van der Waals surface area contributed by atoms with Crippen LogP contribution in [-0.2, 0) is 4.79 Å². The molecule has 0 bridgehead atoms. The van der Waals surface area contributed by atoms with Crippen LogP contribution < -0.4 is 4.74 Å². The van der Waals surface area contributed by atoms with E-state index in [4.69, 9.17) is 4.74 Å². The molecule has 0 heterocycles. The number of hydrogen-bond acceptors (Lipinski definition) is 2. The molecule has 2 heteroatoms. The largest absolute Gasteiger partial charge is 0.493 e. The molecular formula is C14H20O2. The van der Waals surface area contributed by atoms with Gasteiger partial charge in [0.05, 0.1) is 6.61 Å². The van der Waals surface area contributed by atoms with Gasteiger partial charge in [-0.3, -0.25) is 4.79 Å². The van der Waals surface area contributed by atoms with E-state index in [2.05, 4.69) is 13.8 Å². The number of carbonyl (C=O) groups is 1. The van der Waals surface area contributed by atoms with Crippen molar-refractivity contribution >= 4 is 5.78 Å². The second kappa shape index (κ2) is 6.31. The van der Waals surface area contributed by atoms with Crippen LogP contribution >= 0.6 is 0 Å². The van der Waals surface area contributed by atoms with Gasteiger partial charge in [0.2, 0.25) is 0 Å². The van der Waals surface area contributed by atoms with Crippen LogP contribution in [0.4, 0.5) is 0 Å². The maximum Gasteiger partial charge on any atom is 0.136 e. The van der Waals surface area contributed by atoms with Crippen molar-refractivity contribution in [1.29, 1.82) is 0 Å². The van der Waals surface area contributed by atoms with Gasteiger partial charge in [0.25, 0.3) is 0 Å². The zero-order valence-electron chi connectivity index (χ0n) is 10.3. The summed E-state index contributed by atoms with van der Waals surface area (Å²) in [6.45, 7) is 6.60. The van der Waals surface area contributed by atoms with Crippen molar-refractivity contribution in [2.24, 2.45) is 5.92 Å². The molecule has 2 nitrogen and oxygen atoms in total. The van der Waals surface area contributed by atoms with E-state index >= 15 is 0 Å². The number of carbonyl (C=O) groups excluding carboxylic acids is 1. The average molecular weight is 220 g/mol. The second-order valence-electron chi connectivity index (χ2n) is 4.50. The van der Waals surface area contributed by atoms with Gasteiger partial charge < -0.3 is 4.74 Å². The molecular weight excluding hydrogens is 200 g/mol. The number of aryl methyl sites for hydroxylation is 1. The summed E-state index contributed by atoms with van der Waals surface area (Å²) in [5, 5.41) is 0. The molecule has 1 aromatic carbocycles. The minimum Gasteiger partial charge on any atom is -0.493 e. The van der Waals surface area contributed by atoms with E-state index in [1.807, 2.05) is 31.2 Å². The quantitative estimate of drug-likeness (QED) is 0.734. The number of benzene rings is 1. The Bertz CT molecular complexity index is 342. The number of hydrogen-bond donors (Lipinski definition) is 0. The van der Waals surface area contributed by atoms with Crippen LogP contribution in [0.2, 0.25) is 0 Å². The number of Topliss-reactive ketones (excluding diaryl/α,β-unsaturated/α-hetero) is 1. The van der Waals surface area contributed by atoms with Crippen LogP contribution in [0.1, 0.15) is 32.3 Å². The first kappa shape index (κ1) is 12.8. The van der Waals surface area contributed by atoms with E-state index in [-0.39, 0.29) is 5.78 Å². The van der Waals surface area contributed by atoms with Crippen LogP contribution in [0.3, 0.4) is 0 Å². The molecule has 0 saturated heterocycles. The molecule has 0 unspecified atom stereocenters. The summed E-state index contributed by atoms with van der Waals surface area (Å²) < 4.78 is 5.57. The Morgan fingerprint density at radius 3 is 2.62 bits per heavy atom. The van der Waals surface area contributed by atoms with Crippen LogP contribution in [0.15, 0.2) is 24.3 Å². The fourth-order valence-electron chi connectivity index (χ4n) is 1.55. The third-order valence-corrected chi connectivity index (χ3v) is 2.37. The number of para-hydroxylation sites is 1. The molecule has 0 fully saturated rings. The first-order chi connectivity index (χ1) is 7.59. The van der Waals surface area contributed by atoms with Gasteiger partial charge >= 0.3 is 0 Å². The summed E-state index contributed by atoms with van der Waals surface area (Å²) in [5.74, 6) is 1.59. The van der Waals surface area contributed by atoms with Crippen LogP contribution in [0.25, 0.3) is 0 Å². The Balaban J connectivity index is 2.31.